The van der Waals surface area contributed by atoms with E-state index in [4.69, 9.17) is 9.52 Å². The highest BCUT2D eigenvalue weighted by Crippen LogP contribution is 2.33. The molecule has 0 saturated heterocycles. The number of aromatic nitrogens is 4. The number of amides is 1. The first-order valence-electron chi connectivity index (χ1n) is 15.0. The van der Waals surface area contributed by atoms with Gasteiger partial charge >= 0.3 is 0 Å². The number of nitrogens with one attached hydrogen (secondary N) is 1. The number of ketones is 1. The number of nitrogens with zero attached hydrogens (tertiary/aromatic N) is 4. The van der Waals surface area contributed by atoms with Crippen molar-refractivity contribution in [3.63, 3.8) is 0 Å². The minimum Gasteiger partial charge on any atom is -0.411 e. The molecule has 48 heavy (non-hydrogen) atoms. The summed E-state index contributed by atoms with van der Waals surface area (Å²) in [5.74, 6) is -0.537. The van der Waals surface area contributed by atoms with Gasteiger partial charge in [-0.2, -0.15) is 5.10 Å². The Hall–Kier alpha value is -6.13. The lowest BCUT2D eigenvalue weighted by Gasteiger charge is -2.05. The first-order chi connectivity index (χ1) is 23.5. The molecule has 0 aliphatic heterocycles. The standard InChI is InChI=1S/C38H26FN5O3S/c39-29-18-13-28(14-19-29)36-33(23-44(43-36)31-10-2-1-3-11-31)37-41-42-38(47-37)48-24-35(46)40-30-20-15-27(16-21-30)34(45)22-17-26-9-6-8-25-7-4-5-12-32(25)26/h1-23H,24H2,(H,40,46)/b22-17+. The Bertz CT molecular complexity index is 2260. The van der Waals surface area contributed by atoms with Crippen LogP contribution in [-0.2, 0) is 4.79 Å². The average Bonchev–Trinajstić information content (AvgIpc) is 3.79. The fourth-order valence-electron chi connectivity index (χ4n) is 5.14. The summed E-state index contributed by atoms with van der Waals surface area (Å²) in [6, 6.07) is 36.3. The Kier molecular flexibility index (Phi) is 8.71. The van der Waals surface area contributed by atoms with E-state index in [2.05, 4.69) is 15.5 Å². The maximum Gasteiger partial charge on any atom is 0.277 e. The lowest BCUT2D eigenvalue weighted by atomic mass is 10.0. The molecule has 10 heteroatoms. The summed E-state index contributed by atoms with van der Waals surface area (Å²) < 4.78 is 21.2. The molecule has 0 bridgehead atoms. The van der Waals surface area contributed by atoms with Crippen LogP contribution in [0.25, 0.3) is 45.2 Å². The van der Waals surface area contributed by atoms with E-state index in [1.165, 1.54) is 12.1 Å². The Morgan fingerprint density at radius 2 is 1.58 bits per heavy atom. The van der Waals surface area contributed by atoms with Gasteiger partial charge in [0.2, 0.25) is 5.91 Å². The molecule has 0 fully saturated rings. The van der Waals surface area contributed by atoms with Gasteiger partial charge in [0.1, 0.15) is 11.5 Å². The number of carbonyl (C=O) groups is 2. The van der Waals surface area contributed by atoms with Crippen LogP contribution in [0.4, 0.5) is 10.1 Å². The molecular weight excluding hydrogens is 626 g/mol. The van der Waals surface area contributed by atoms with Gasteiger partial charge in [0.05, 0.1) is 17.0 Å². The maximum atomic E-state index is 13.6. The van der Waals surface area contributed by atoms with E-state index in [-0.39, 0.29) is 34.4 Å². The monoisotopic (exact) mass is 651 g/mol. The van der Waals surface area contributed by atoms with Crippen LogP contribution in [0.3, 0.4) is 0 Å². The van der Waals surface area contributed by atoms with Crippen molar-refractivity contribution in [1.82, 2.24) is 20.0 Å². The van der Waals surface area contributed by atoms with Crippen molar-refractivity contribution in [2.75, 3.05) is 11.1 Å². The van der Waals surface area contributed by atoms with Crippen LogP contribution in [-0.4, -0.2) is 37.4 Å². The minimum atomic E-state index is -0.355. The quantitative estimate of drug-likeness (QED) is 0.0899. The van der Waals surface area contributed by atoms with Crippen LogP contribution in [0.1, 0.15) is 15.9 Å². The van der Waals surface area contributed by atoms with Crippen LogP contribution >= 0.6 is 11.8 Å². The molecule has 1 N–H and O–H groups in total. The van der Waals surface area contributed by atoms with Gasteiger partial charge in [-0.1, -0.05) is 78.5 Å². The zero-order chi connectivity index (χ0) is 32.9. The van der Waals surface area contributed by atoms with E-state index < -0.39 is 0 Å². The molecule has 0 radical (unpaired) electrons. The molecule has 1 amide bonds. The highest BCUT2D eigenvalue weighted by molar-refractivity contribution is 7.99. The van der Waals surface area contributed by atoms with E-state index in [0.717, 1.165) is 33.8 Å². The summed E-state index contributed by atoms with van der Waals surface area (Å²) in [6.45, 7) is 0. The highest BCUT2D eigenvalue weighted by atomic mass is 32.2. The summed E-state index contributed by atoms with van der Waals surface area (Å²) >= 11 is 1.09. The fourth-order valence-corrected chi connectivity index (χ4v) is 5.70. The minimum absolute atomic E-state index is 0.0180. The van der Waals surface area contributed by atoms with E-state index in [0.29, 0.717) is 28.1 Å². The normalized spacial score (nSPS) is 11.3. The van der Waals surface area contributed by atoms with Gasteiger partial charge in [0, 0.05) is 23.0 Å². The fraction of sp³-hybridized carbons (Fsp3) is 0.0263. The molecule has 0 saturated carbocycles. The van der Waals surface area contributed by atoms with Crippen LogP contribution in [0.2, 0.25) is 0 Å². The highest BCUT2D eigenvalue weighted by Gasteiger charge is 2.20. The molecule has 0 atom stereocenters. The van der Waals surface area contributed by atoms with Gasteiger partial charge in [0.15, 0.2) is 5.78 Å². The predicted octanol–water partition coefficient (Wildman–Crippen LogP) is 8.51. The van der Waals surface area contributed by atoms with Crippen LogP contribution in [0.5, 0.6) is 0 Å². The summed E-state index contributed by atoms with van der Waals surface area (Å²) in [4.78, 5) is 25.5. The second-order valence-electron chi connectivity index (χ2n) is 10.7. The third kappa shape index (κ3) is 6.84. The zero-order valence-corrected chi connectivity index (χ0v) is 26.1. The smallest absolute Gasteiger partial charge is 0.277 e. The summed E-state index contributed by atoms with van der Waals surface area (Å²) in [6.07, 6.45) is 5.15. The molecule has 2 heterocycles. The van der Waals surface area contributed by atoms with E-state index in [1.54, 1.807) is 53.4 Å². The summed E-state index contributed by atoms with van der Waals surface area (Å²) in [5.41, 5.74) is 4.64. The summed E-state index contributed by atoms with van der Waals surface area (Å²) in [5, 5.41) is 18.2. The summed E-state index contributed by atoms with van der Waals surface area (Å²) in [7, 11) is 0. The van der Waals surface area contributed by atoms with Crippen molar-refractivity contribution in [2.24, 2.45) is 0 Å². The lowest BCUT2D eigenvalue weighted by molar-refractivity contribution is -0.113. The SMILES string of the molecule is O=C(CSc1nnc(-c2cn(-c3ccccc3)nc2-c2ccc(F)cc2)o1)Nc1ccc(C(=O)/C=C/c2cccc3ccccc23)cc1. The number of rotatable bonds is 10. The van der Waals surface area contributed by atoms with E-state index in [1.807, 2.05) is 78.9 Å². The Morgan fingerprint density at radius 3 is 2.40 bits per heavy atom. The number of fused-ring (bicyclic) bond motifs is 1. The van der Waals surface area contributed by atoms with Crippen LogP contribution < -0.4 is 5.32 Å². The largest absolute Gasteiger partial charge is 0.411 e. The van der Waals surface area contributed by atoms with Crippen molar-refractivity contribution in [2.45, 2.75) is 5.22 Å². The van der Waals surface area contributed by atoms with Gasteiger partial charge < -0.3 is 9.73 Å². The molecular formula is C38H26FN5O3S. The van der Waals surface area contributed by atoms with Gasteiger partial charge in [0.25, 0.3) is 11.1 Å². The molecule has 234 valence electrons. The lowest BCUT2D eigenvalue weighted by Crippen LogP contribution is -2.14. The number of halogens is 1. The first-order valence-corrected chi connectivity index (χ1v) is 16.0. The van der Waals surface area contributed by atoms with Gasteiger partial charge in [-0.3, -0.25) is 9.59 Å². The predicted molar refractivity (Wildman–Crippen MR) is 185 cm³/mol. The molecule has 0 unspecified atom stereocenters. The van der Waals surface area contributed by atoms with Crippen molar-refractivity contribution in [3.8, 4) is 28.4 Å². The van der Waals surface area contributed by atoms with Gasteiger partial charge in [-0.05, 0) is 83.1 Å². The zero-order valence-electron chi connectivity index (χ0n) is 25.3. The van der Waals surface area contributed by atoms with Crippen molar-refractivity contribution >= 4 is 46.0 Å². The van der Waals surface area contributed by atoms with Crippen molar-refractivity contribution in [1.29, 1.82) is 0 Å². The second-order valence-corrected chi connectivity index (χ2v) is 11.7. The van der Waals surface area contributed by atoms with Crippen molar-refractivity contribution < 1.29 is 18.4 Å². The third-order valence-electron chi connectivity index (χ3n) is 7.51. The number of anilines is 1. The first kappa shape index (κ1) is 30.5. The average molecular weight is 652 g/mol. The topological polar surface area (TPSA) is 103 Å². The Morgan fingerprint density at radius 1 is 0.833 bits per heavy atom. The van der Waals surface area contributed by atoms with Crippen LogP contribution in [0.15, 0.2) is 143 Å². The number of para-hydroxylation sites is 1. The molecule has 8 nitrogen and oxygen atoms in total. The van der Waals surface area contributed by atoms with E-state index >= 15 is 0 Å². The molecule has 0 spiro atoms. The third-order valence-corrected chi connectivity index (χ3v) is 8.33. The van der Waals surface area contributed by atoms with Gasteiger partial charge in [-0.15, -0.1) is 10.2 Å². The number of hydrogen-bond acceptors (Lipinski definition) is 7. The van der Waals surface area contributed by atoms with Crippen molar-refractivity contribution in [3.05, 3.63) is 151 Å². The molecule has 7 aromatic rings. The number of thioether (sulfide) groups is 1. The number of benzene rings is 5. The van der Waals surface area contributed by atoms with Crippen LogP contribution in [0, 0.1) is 5.82 Å². The Balaban J connectivity index is 0.990. The maximum absolute atomic E-state index is 13.6. The number of hydrogen-bond donors (Lipinski definition) is 1. The Labute approximate surface area is 279 Å². The second kappa shape index (κ2) is 13.7. The molecule has 7 rings (SSSR count). The number of allylic oxidation sites excluding steroid dienone is 1. The molecule has 0 aliphatic rings. The number of carbonyl (C=O) groups excluding carboxylic acids is 2. The molecule has 0 aliphatic carbocycles. The van der Waals surface area contributed by atoms with E-state index in [9.17, 15) is 14.0 Å². The molecule has 5 aromatic carbocycles. The van der Waals surface area contributed by atoms with Gasteiger partial charge in [-0.25, -0.2) is 9.07 Å². The molecule has 2 aromatic heterocycles.